The number of hydrogen-bond donors (Lipinski definition) is 1. The maximum atomic E-state index is 14.0. The van der Waals surface area contributed by atoms with Crippen LogP contribution in [-0.4, -0.2) is 61.0 Å². The van der Waals surface area contributed by atoms with Crippen molar-refractivity contribution in [2.24, 2.45) is 0 Å². The van der Waals surface area contributed by atoms with Gasteiger partial charge in [-0.15, -0.1) is 11.8 Å². The molecular weight excluding hydrogens is 405 g/mol. The highest BCUT2D eigenvalue weighted by Crippen LogP contribution is 2.22. The Bertz CT molecular complexity index is 915. The molecule has 1 aliphatic rings. The van der Waals surface area contributed by atoms with Gasteiger partial charge in [0.25, 0.3) is 0 Å². The number of Topliss-reactive ketones (excluding diaryl/α,β-unsaturated/α-hetero) is 1. The van der Waals surface area contributed by atoms with Gasteiger partial charge in [0, 0.05) is 42.3 Å². The van der Waals surface area contributed by atoms with Crippen molar-refractivity contribution in [1.82, 2.24) is 10.2 Å². The molecule has 158 valence electrons. The maximum Gasteiger partial charge on any atom is 0.242 e. The van der Waals surface area contributed by atoms with Crippen LogP contribution in [0.5, 0.6) is 0 Å². The van der Waals surface area contributed by atoms with Gasteiger partial charge >= 0.3 is 0 Å². The van der Waals surface area contributed by atoms with Crippen molar-refractivity contribution in [3.05, 3.63) is 59.9 Å². The molecule has 1 saturated heterocycles. The molecule has 0 bridgehead atoms. The second-order valence-corrected chi connectivity index (χ2v) is 7.99. The standard InChI is InChI=1S/C22H24FN3O3S/c1-16(27)17-7-8-20(19(23)13-17)30-15-21(28)24-14-22(29)26-11-9-25(10-12-26)18-5-3-2-4-6-18/h2-8,13H,9-12,14-15H2,1H3,(H,24,28). The molecule has 1 heterocycles. The first-order valence-electron chi connectivity index (χ1n) is 9.72. The molecule has 6 nitrogen and oxygen atoms in total. The molecule has 3 rings (SSSR count). The molecule has 1 aliphatic heterocycles. The Kier molecular flexibility index (Phi) is 7.46. The van der Waals surface area contributed by atoms with Crippen molar-refractivity contribution in [2.45, 2.75) is 11.8 Å². The molecule has 0 saturated carbocycles. The van der Waals surface area contributed by atoms with E-state index >= 15 is 0 Å². The molecule has 1 fully saturated rings. The summed E-state index contributed by atoms with van der Waals surface area (Å²) in [5.41, 5.74) is 1.43. The van der Waals surface area contributed by atoms with Crippen LogP contribution >= 0.6 is 11.8 Å². The fourth-order valence-corrected chi connectivity index (χ4v) is 3.92. The lowest BCUT2D eigenvalue weighted by atomic mass is 10.1. The summed E-state index contributed by atoms with van der Waals surface area (Å²) in [6.45, 7) is 3.99. The summed E-state index contributed by atoms with van der Waals surface area (Å²) in [4.78, 5) is 39.9. The molecule has 0 spiro atoms. The van der Waals surface area contributed by atoms with Gasteiger partial charge in [-0.05, 0) is 31.2 Å². The smallest absolute Gasteiger partial charge is 0.242 e. The zero-order chi connectivity index (χ0) is 21.5. The number of para-hydroxylation sites is 1. The number of nitrogens with zero attached hydrogens (tertiary/aromatic N) is 2. The zero-order valence-corrected chi connectivity index (χ0v) is 17.6. The molecule has 30 heavy (non-hydrogen) atoms. The Morgan fingerprint density at radius 1 is 1.03 bits per heavy atom. The van der Waals surface area contributed by atoms with Gasteiger partial charge in [0.2, 0.25) is 11.8 Å². The number of benzene rings is 2. The van der Waals surface area contributed by atoms with E-state index in [0.29, 0.717) is 23.5 Å². The predicted molar refractivity (Wildman–Crippen MR) is 115 cm³/mol. The topological polar surface area (TPSA) is 69.7 Å². The minimum Gasteiger partial charge on any atom is -0.368 e. The molecule has 2 aromatic carbocycles. The van der Waals surface area contributed by atoms with Gasteiger partial charge in [-0.3, -0.25) is 14.4 Å². The highest BCUT2D eigenvalue weighted by molar-refractivity contribution is 8.00. The third-order valence-electron chi connectivity index (χ3n) is 4.89. The quantitative estimate of drug-likeness (QED) is 0.541. The normalized spacial score (nSPS) is 13.8. The van der Waals surface area contributed by atoms with E-state index < -0.39 is 5.82 Å². The van der Waals surface area contributed by atoms with Crippen molar-refractivity contribution in [1.29, 1.82) is 0 Å². The maximum absolute atomic E-state index is 14.0. The van der Waals surface area contributed by atoms with Crippen LogP contribution in [0.15, 0.2) is 53.4 Å². The van der Waals surface area contributed by atoms with E-state index in [1.165, 1.54) is 25.1 Å². The molecule has 0 aromatic heterocycles. The molecule has 8 heteroatoms. The number of hydrogen-bond acceptors (Lipinski definition) is 5. The molecule has 0 radical (unpaired) electrons. The molecule has 2 amide bonds. The number of carbonyl (C=O) groups is 3. The summed E-state index contributed by atoms with van der Waals surface area (Å²) in [5.74, 6) is -1.23. The SMILES string of the molecule is CC(=O)c1ccc(SCC(=O)NCC(=O)N2CCN(c3ccccc3)CC2)c(F)c1. The summed E-state index contributed by atoms with van der Waals surface area (Å²) in [7, 11) is 0. The third-order valence-corrected chi connectivity index (χ3v) is 5.94. The van der Waals surface area contributed by atoms with E-state index in [0.717, 1.165) is 30.5 Å². The monoisotopic (exact) mass is 429 g/mol. The van der Waals surface area contributed by atoms with Crippen LogP contribution in [0.25, 0.3) is 0 Å². The van der Waals surface area contributed by atoms with Crippen LogP contribution in [0.4, 0.5) is 10.1 Å². The van der Waals surface area contributed by atoms with Gasteiger partial charge in [-0.25, -0.2) is 4.39 Å². The Morgan fingerprint density at radius 3 is 2.37 bits per heavy atom. The summed E-state index contributed by atoms with van der Waals surface area (Å²) in [5, 5.41) is 2.60. The fourth-order valence-electron chi connectivity index (χ4n) is 3.17. The predicted octanol–water partition coefficient (Wildman–Crippen LogP) is 2.59. The number of rotatable bonds is 7. The minimum atomic E-state index is -0.534. The first-order valence-corrected chi connectivity index (χ1v) is 10.7. The molecular formula is C22H24FN3O3S. The van der Waals surface area contributed by atoms with Crippen LogP contribution in [0, 0.1) is 5.82 Å². The average molecular weight is 430 g/mol. The van der Waals surface area contributed by atoms with E-state index in [-0.39, 0.29) is 29.9 Å². The highest BCUT2D eigenvalue weighted by Gasteiger charge is 2.21. The number of amides is 2. The van der Waals surface area contributed by atoms with Crippen LogP contribution in [-0.2, 0) is 9.59 Å². The van der Waals surface area contributed by atoms with Crippen molar-refractivity contribution < 1.29 is 18.8 Å². The fraction of sp³-hybridized carbons (Fsp3) is 0.318. The van der Waals surface area contributed by atoms with E-state index in [1.54, 1.807) is 4.90 Å². The van der Waals surface area contributed by atoms with E-state index in [1.807, 2.05) is 30.3 Å². The Balaban J connectivity index is 1.40. The van der Waals surface area contributed by atoms with Crippen LogP contribution in [0.2, 0.25) is 0 Å². The molecule has 1 N–H and O–H groups in total. The number of piperazine rings is 1. The first-order chi connectivity index (χ1) is 14.4. The Hall–Kier alpha value is -2.87. The van der Waals surface area contributed by atoms with Gasteiger partial charge in [0.05, 0.1) is 12.3 Å². The third kappa shape index (κ3) is 5.82. The average Bonchev–Trinajstić information content (AvgIpc) is 2.77. The Morgan fingerprint density at radius 2 is 1.73 bits per heavy atom. The summed E-state index contributed by atoms with van der Waals surface area (Å²) >= 11 is 1.03. The summed E-state index contributed by atoms with van der Waals surface area (Å²) in [6.07, 6.45) is 0. The van der Waals surface area contributed by atoms with Crippen LogP contribution < -0.4 is 10.2 Å². The largest absolute Gasteiger partial charge is 0.368 e. The summed E-state index contributed by atoms with van der Waals surface area (Å²) < 4.78 is 14.0. The summed E-state index contributed by atoms with van der Waals surface area (Å²) in [6, 6.07) is 14.2. The van der Waals surface area contributed by atoms with Crippen LogP contribution in [0.1, 0.15) is 17.3 Å². The van der Waals surface area contributed by atoms with Crippen molar-refractivity contribution in [3.63, 3.8) is 0 Å². The van der Waals surface area contributed by atoms with Crippen molar-refractivity contribution in [3.8, 4) is 0 Å². The van der Waals surface area contributed by atoms with Gasteiger partial charge < -0.3 is 15.1 Å². The highest BCUT2D eigenvalue weighted by atomic mass is 32.2. The minimum absolute atomic E-state index is 0.00853. The molecule has 0 unspecified atom stereocenters. The number of anilines is 1. The van der Waals surface area contributed by atoms with Crippen molar-refractivity contribution >= 4 is 35.0 Å². The van der Waals surface area contributed by atoms with Crippen LogP contribution in [0.3, 0.4) is 0 Å². The van der Waals surface area contributed by atoms with Crippen molar-refractivity contribution in [2.75, 3.05) is 43.4 Å². The number of carbonyl (C=O) groups excluding carboxylic acids is 3. The lowest BCUT2D eigenvalue weighted by Crippen LogP contribution is -2.51. The molecule has 0 aliphatic carbocycles. The molecule has 0 atom stereocenters. The van der Waals surface area contributed by atoms with E-state index in [9.17, 15) is 18.8 Å². The van der Waals surface area contributed by atoms with Gasteiger partial charge in [-0.1, -0.05) is 24.3 Å². The van der Waals surface area contributed by atoms with E-state index in [2.05, 4.69) is 10.2 Å². The second kappa shape index (κ2) is 10.2. The number of nitrogens with one attached hydrogen (secondary N) is 1. The van der Waals surface area contributed by atoms with Gasteiger partial charge in [0.15, 0.2) is 5.78 Å². The number of ketones is 1. The van der Waals surface area contributed by atoms with E-state index in [4.69, 9.17) is 0 Å². The number of thioether (sulfide) groups is 1. The Labute approximate surface area is 179 Å². The number of halogens is 1. The van der Waals surface area contributed by atoms with Gasteiger partial charge in [-0.2, -0.15) is 0 Å². The zero-order valence-electron chi connectivity index (χ0n) is 16.8. The molecule has 2 aromatic rings. The lowest BCUT2D eigenvalue weighted by Gasteiger charge is -2.36. The van der Waals surface area contributed by atoms with Gasteiger partial charge in [0.1, 0.15) is 5.82 Å². The first kappa shape index (κ1) is 21.8. The second-order valence-electron chi connectivity index (χ2n) is 6.97. The lowest BCUT2D eigenvalue weighted by molar-refractivity contribution is -0.132.